The summed E-state index contributed by atoms with van der Waals surface area (Å²) in [6, 6.07) is 0. The van der Waals surface area contributed by atoms with Gasteiger partial charge >= 0.3 is 0 Å². The zero-order chi connectivity index (χ0) is 10.7. The number of thioether (sulfide) groups is 2. The Kier molecular flexibility index (Phi) is 3.75. The Labute approximate surface area is 98.1 Å². The van der Waals surface area contributed by atoms with Crippen LogP contribution in [-0.2, 0) is 0 Å². The fourth-order valence-corrected chi connectivity index (χ4v) is 4.57. The lowest BCUT2D eigenvalue weighted by Gasteiger charge is -2.27. The Morgan fingerprint density at radius 3 is 3.00 bits per heavy atom. The molecule has 1 aliphatic rings. The normalized spacial score (nSPS) is 26.5. The highest BCUT2D eigenvalue weighted by atomic mass is 32.2. The van der Waals surface area contributed by atoms with Crippen LogP contribution in [0.25, 0.3) is 6.08 Å². The molecule has 3 nitrogen and oxygen atoms in total. The summed E-state index contributed by atoms with van der Waals surface area (Å²) in [6.07, 6.45) is 2.75. The van der Waals surface area contributed by atoms with Crippen LogP contribution in [0.15, 0.2) is 11.1 Å². The van der Waals surface area contributed by atoms with Crippen molar-refractivity contribution in [2.45, 2.75) is 23.8 Å². The van der Waals surface area contributed by atoms with E-state index in [1.807, 2.05) is 23.5 Å². The molecule has 2 heterocycles. The van der Waals surface area contributed by atoms with Crippen LogP contribution in [0, 0.1) is 0 Å². The predicted molar refractivity (Wildman–Crippen MR) is 66.1 cm³/mol. The summed E-state index contributed by atoms with van der Waals surface area (Å²) in [6.45, 7) is 5.83. The van der Waals surface area contributed by atoms with Crippen LogP contribution in [0.4, 0.5) is 0 Å². The zero-order valence-corrected chi connectivity index (χ0v) is 10.3. The standard InChI is InChI=1S/C10H14N2OS2/c1-3-7-9(15-6-5-14-7)10-11-8(4-2)13-12-10/h4,7,9H,2-3,5-6H2,1H3. The average molecular weight is 242 g/mol. The second kappa shape index (κ2) is 5.07. The van der Waals surface area contributed by atoms with Gasteiger partial charge in [-0.1, -0.05) is 18.7 Å². The quantitative estimate of drug-likeness (QED) is 0.814. The van der Waals surface area contributed by atoms with Crippen LogP contribution in [0.2, 0.25) is 0 Å². The van der Waals surface area contributed by atoms with Gasteiger partial charge < -0.3 is 4.52 Å². The molecule has 2 atom stereocenters. The molecule has 1 aromatic rings. The Hall–Kier alpha value is -0.420. The molecule has 2 rings (SSSR count). The molecule has 1 aliphatic heterocycles. The minimum absolute atomic E-state index is 0.381. The van der Waals surface area contributed by atoms with Gasteiger partial charge in [-0.3, -0.25) is 0 Å². The van der Waals surface area contributed by atoms with Gasteiger partial charge in [-0.25, -0.2) is 0 Å². The van der Waals surface area contributed by atoms with Crippen molar-refractivity contribution in [3.63, 3.8) is 0 Å². The predicted octanol–water partition coefficient (Wildman–Crippen LogP) is 3.01. The van der Waals surface area contributed by atoms with Gasteiger partial charge in [0.05, 0.1) is 5.25 Å². The number of hydrogen-bond donors (Lipinski definition) is 0. The van der Waals surface area contributed by atoms with Crippen molar-refractivity contribution in [2.75, 3.05) is 11.5 Å². The maximum Gasteiger partial charge on any atom is 0.250 e. The van der Waals surface area contributed by atoms with E-state index >= 15 is 0 Å². The highest BCUT2D eigenvalue weighted by Crippen LogP contribution is 2.42. The molecule has 0 saturated carbocycles. The first kappa shape index (κ1) is 11.1. The smallest absolute Gasteiger partial charge is 0.250 e. The summed E-state index contributed by atoms with van der Waals surface area (Å²) < 4.78 is 5.06. The van der Waals surface area contributed by atoms with Crippen LogP contribution in [-0.4, -0.2) is 26.9 Å². The molecule has 2 unspecified atom stereocenters. The van der Waals surface area contributed by atoms with E-state index in [1.54, 1.807) is 6.08 Å². The number of nitrogens with zero attached hydrogens (tertiary/aromatic N) is 2. The van der Waals surface area contributed by atoms with E-state index in [0.717, 1.165) is 12.2 Å². The fraction of sp³-hybridized carbons (Fsp3) is 0.600. The van der Waals surface area contributed by atoms with E-state index in [4.69, 9.17) is 4.52 Å². The SMILES string of the molecule is C=Cc1nc(C2SCCSC2CC)no1. The van der Waals surface area contributed by atoms with Crippen molar-refractivity contribution in [2.24, 2.45) is 0 Å². The molecular weight excluding hydrogens is 228 g/mol. The molecule has 0 amide bonds. The van der Waals surface area contributed by atoms with Gasteiger partial charge in [0.1, 0.15) is 0 Å². The van der Waals surface area contributed by atoms with Gasteiger partial charge in [0, 0.05) is 16.8 Å². The molecule has 0 bridgehead atoms. The van der Waals surface area contributed by atoms with Crippen LogP contribution in [0.3, 0.4) is 0 Å². The lowest BCUT2D eigenvalue weighted by molar-refractivity contribution is 0.402. The molecule has 1 saturated heterocycles. The topological polar surface area (TPSA) is 38.9 Å². The molecule has 15 heavy (non-hydrogen) atoms. The van der Waals surface area contributed by atoms with Gasteiger partial charge in [0.2, 0.25) is 5.89 Å². The van der Waals surface area contributed by atoms with Gasteiger partial charge in [0.25, 0.3) is 0 Å². The van der Waals surface area contributed by atoms with Gasteiger partial charge in [-0.2, -0.15) is 16.7 Å². The molecule has 0 aromatic carbocycles. The van der Waals surface area contributed by atoms with Crippen molar-refractivity contribution < 1.29 is 4.52 Å². The largest absolute Gasteiger partial charge is 0.335 e. The van der Waals surface area contributed by atoms with Crippen molar-refractivity contribution in [3.05, 3.63) is 18.3 Å². The summed E-state index contributed by atoms with van der Waals surface area (Å²) in [5.41, 5.74) is 0. The van der Waals surface area contributed by atoms with Crippen LogP contribution >= 0.6 is 23.5 Å². The Bertz CT molecular complexity index is 340. The monoisotopic (exact) mass is 242 g/mol. The Morgan fingerprint density at radius 1 is 1.53 bits per heavy atom. The average Bonchev–Trinajstić information content (AvgIpc) is 2.77. The van der Waals surface area contributed by atoms with Crippen LogP contribution in [0.1, 0.15) is 30.3 Å². The summed E-state index contributed by atoms with van der Waals surface area (Å²) in [7, 11) is 0. The number of hydrogen-bond acceptors (Lipinski definition) is 5. The highest BCUT2D eigenvalue weighted by molar-refractivity contribution is 8.06. The number of rotatable bonds is 3. The minimum atomic E-state index is 0.381. The summed E-state index contributed by atoms with van der Waals surface area (Å²) in [4.78, 5) is 4.32. The van der Waals surface area contributed by atoms with E-state index in [0.29, 0.717) is 16.4 Å². The second-order valence-corrected chi connectivity index (χ2v) is 5.90. The van der Waals surface area contributed by atoms with Crippen molar-refractivity contribution >= 4 is 29.6 Å². The van der Waals surface area contributed by atoms with Crippen LogP contribution < -0.4 is 0 Å². The maximum atomic E-state index is 5.06. The third-order valence-corrected chi connectivity index (χ3v) is 5.58. The van der Waals surface area contributed by atoms with Gasteiger partial charge in [0.15, 0.2) is 5.82 Å². The van der Waals surface area contributed by atoms with Crippen LogP contribution in [0.5, 0.6) is 0 Å². The summed E-state index contributed by atoms with van der Waals surface area (Å²) in [5.74, 6) is 3.75. The Balaban J connectivity index is 2.16. The molecule has 1 fully saturated rings. The molecule has 5 heteroatoms. The molecule has 82 valence electrons. The van der Waals surface area contributed by atoms with Gasteiger partial charge in [-0.15, -0.1) is 11.8 Å². The summed E-state index contributed by atoms with van der Waals surface area (Å²) >= 11 is 3.95. The maximum absolute atomic E-state index is 5.06. The van der Waals surface area contributed by atoms with Crippen molar-refractivity contribution in [1.29, 1.82) is 0 Å². The second-order valence-electron chi connectivity index (χ2n) is 3.30. The molecule has 1 aromatic heterocycles. The fourth-order valence-electron chi connectivity index (χ4n) is 1.59. The molecule has 0 spiro atoms. The van der Waals surface area contributed by atoms with E-state index in [2.05, 4.69) is 23.6 Å². The van der Waals surface area contributed by atoms with Crippen molar-refractivity contribution in [1.82, 2.24) is 10.1 Å². The van der Waals surface area contributed by atoms with Crippen molar-refractivity contribution in [3.8, 4) is 0 Å². The Morgan fingerprint density at radius 2 is 2.33 bits per heavy atom. The first-order valence-corrected chi connectivity index (χ1v) is 7.14. The first-order chi connectivity index (χ1) is 7.35. The molecule has 0 radical (unpaired) electrons. The minimum Gasteiger partial charge on any atom is -0.335 e. The molecule has 0 aliphatic carbocycles. The van der Waals surface area contributed by atoms with E-state index in [9.17, 15) is 0 Å². The summed E-state index contributed by atoms with van der Waals surface area (Å²) in [5, 5.41) is 5.01. The zero-order valence-electron chi connectivity index (χ0n) is 8.68. The highest BCUT2D eigenvalue weighted by Gasteiger charge is 2.29. The molecular formula is C10H14N2OS2. The first-order valence-electron chi connectivity index (χ1n) is 5.04. The van der Waals surface area contributed by atoms with E-state index < -0.39 is 0 Å². The van der Waals surface area contributed by atoms with Gasteiger partial charge in [-0.05, 0) is 12.5 Å². The number of aromatic nitrogens is 2. The van der Waals surface area contributed by atoms with E-state index in [1.165, 1.54) is 11.5 Å². The third kappa shape index (κ3) is 2.39. The molecule has 0 N–H and O–H groups in total. The lowest BCUT2D eigenvalue weighted by Crippen LogP contribution is -2.19. The third-order valence-electron chi connectivity index (χ3n) is 2.34. The van der Waals surface area contributed by atoms with E-state index in [-0.39, 0.29) is 0 Å². The lowest BCUT2D eigenvalue weighted by atomic mass is 10.2.